The van der Waals surface area contributed by atoms with Crippen LogP contribution in [0.4, 0.5) is 0 Å². The van der Waals surface area contributed by atoms with E-state index in [4.69, 9.17) is 10.2 Å². The normalized spacial score (nSPS) is 15.0. The summed E-state index contributed by atoms with van der Waals surface area (Å²) >= 11 is 0. The molecule has 0 spiro atoms. The third-order valence-corrected chi connectivity index (χ3v) is 1.35. The second-order valence-electron chi connectivity index (χ2n) is 2.06. The molecule has 0 aliphatic heterocycles. The van der Waals surface area contributed by atoms with Gasteiger partial charge in [0.25, 0.3) is 0 Å². The van der Waals surface area contributed by atoms with Crippen LogP contribution in [0.25, 0.3) is 0 Å². The van der Waals surface area contributed by atoms with Crippen LogP contribution in [0.2, 0.25) is 0 Å². The average Bonchev–Trinajstić information content (AvgIpc) is 2.00. The van der Waals surface area contributed by atoms with Crippen molar-refractivity contribution in [3.8, 4) is 0 Å². The van der Waals surface area contributed by atoms with E-state index < -0.39 is 18.5 Å². The number of rotatable bonds is 3. The summed E-state index contributed by atoms with van der Waals surface area (Å²) < 4.78 is 0. The van der Waals surface area contributed by atoms with Crippen LogP contribution in [0.1, 0.15) is 13.8 Å². The van der Waals surface area contributed by atoms with Crippen molar-refractivity contribution < 1.29 is 15.0 Å². The summed E-state index contributed by atoms with van der Waals surface area (Å²) in [5.74, 6) is -0.560. The highest BCUT2D eigenvalue weighted by atomic mass is 16.3. The number of hydrogen-bond donors (Lipinski definition) is 2. The topological polar surface area (TPSA) is 57.5 Å². The summed E-state index contributed by atoms with van der Waals surface area (Å²) in [6.07, 6.45) is 0.507. The zero-order chi connectivity index (χ0) is 8.15. The van der Waals surface area contributed by atoms with Gasteiger partial charge in [-0.3, -0.25) is 4.79 Å². The molecule has 0 aliphatic carbocycles. The van der Waals surface area contributed by atoms with Crippen LogP contribution in [0, 0.1) is 0 Å². The molecule has 0 heterocycles. The summed E-state index contributed by atoms with van der Waals surface area (Å²) in [4.78, 5) is 10.6. The molecule has 0 aromatic heterocycles. The summed E-state index contributed by atoms with van der Waals surface area (Å²) in [5.41, 5.74) is 0.569. The Bertz CT molecular complexity index is 149. The molecular weight excluding hydrogens is 132 g/mol. The highest BCUT2D eigenvalue weighted by Crippen LogP contribution is 2.00. The molecule has 0 rings (SSSR count). The zero-order valence-corrected chi connectivity index (χ0v) is 6.16. The lowest BCUT2D eigenvalue weighted by atomic mass is 10.1. The molecule has 0 aliphatic rings. The lowest BCUT2D eigenvalue weighted by Crippen LogP contribution is -2.24. The third kappa shape index (κ3) is 2.29. The molecule has 3 heteroatoms. The van der Waals surface area contributed by atoms with Gasteiger partial charge < -0.3 is 10.2 Å². The van der Waals surface area contributed by atoms with Gasteiger partial charge in [0, 0.05) is 0 Å². The van der Waals surface area contributed by atoms with E-state index in [9.17, 15) is 4.79 Å². The van der Waals surface area contributed by atoms with Crippen LogP contribution in [-0.4, -0.2) is 28.7 Å². The van der Waals surface area contributed by atoms with E-state index in [0.717, 1.165) is 0 Å². The summed E-state index contributed by atoms with van der Waals surface area (Å²) in [6.45, 7) is 2.76. The Labute approximate surface area is 60.0 Å². The Hall–Kier alpha value is -0.670. The van der Waals surface area contributed by atoms with E-state index in [0.29, 0.717) is 5.57 Å². The molecule has 0 amide bonds. The lowest BCUT2D eigenvalue weighted by Gasteiger charge is -2.06. The van der Waals surface area contributed by atoms with Crippen LogP contribution in [0.3, 0.4) is 0 Å². The van der Waals surface area contributed by atoms with Gasteiger partial charge in [-0.1, -0.05) is 6.08 Å². The van der Waals surface area contributed by atoms with Gasteiger partial charge in [0.15, 0.2) is 5.78 Å². The van der Waals surface area contributed by atoms with Crippen molar-refractivity contribution in [1.82, 2.24) is 0 Å². The van der Waals surface area contributed by atoms with Crippen molar-refractivity contribution in [2.75, 3.05) is 6.61 Å². The number of carbonyl (C=O) groups excluding carboxylic acids is 1. The van der Waals surface area contributed by atoms with Gasteiger partial charge in [0.1, 0.15) is 12.7 Å². The number of aliphatic hydroxyl groups excluding tert-OH is 2. The fraction of sp³-hybridized carbons (Fsp3) is 0.571. The van der Waals surface area contributed by atoms with Gasteiger partial charge in [-0.05, 0) is 19.4 Å². The van der Waals surface area contributed by atoms with Gasteiger partial charge in [-0.15, -0.1) is 0 Å². The monoisotopic (exact) mass is 144 g/mol. The van der Waals surface area contributed by atoms with Crippen molar-refractivity contribution >= 4 is 5.78 Å². The predicted octanol–water partition coefficient (Wildman–Crippen LogP) is -0.125. The second-order valence-corrected chi connectivity index (χ2v) is 2.06. The van der Waals surface area contributed by atoms with E-state index in [1.165, 1.54) is 0 Å². The number of hydrogen-bond acceptors (Lipinski definition) is 3. The molecule has 1 atom stereocenters. The zero-order valence-electron chi connectivity index (χ0n) is 6.16. The highest BCUT2D eigenvalue weighted by molar-refractivity contribution is 5.86. The first-order valence-corrected chi connectivity index (χ1v) is 3.08. The third-order valence-electron chi connectivity index (χ3n) is 1.35. The van der Waals surface area contributed by atoms with Crippen LogP contribution in [-0.2, 0) is 4.79 Å². The van der Waals surface area contributed by atoms with Gasteiger partial charge in [-0.25, -0.2) is 0 Å². The van der Waals surface area contributed by atoms with Gasteiger partial charge in [-0.2, -0.15) is 0 Å². The summed E-state index contributed by atoms with van der Waals surface area (Å²) in [6, 6.07) is 0. The van der Waals surface area contributed by atoms with E-state index in [2.05, 4.69) is 0 Å². The molecule has 0 aromatic carbocycles. The number of ketones is 1. The quantitative estimate of drug-likeness (QED) is 0.543. The van der Waals surface area contributed by atoms with E-state index in [1.54, 1.807) is 19.9 Å². The van der Waals surface area contributed by atoms with E-state index >= 15 is 0 Å². The Morgan fingerprint density at radius 1 is 1.70 bits per heavy atom. The molecule has 0 radical (unpaired) electrons. The first-order chi connectivity index (χ1) is 4.63. The Morgan fingerprint density at radius 3 is 2.50 bits per heavy atom. The van der Waals surface area contributed by atoms with Crippen molar-refractivity contribution in [2.24, 2.45) is 0 Å². The lowest BCUT2D eigenvalue weighted by molar-refractivity contribution is -0.128. The largest absolute Gasteiger partial charge is 0.388 e. The number of Topliss-reactive ketones (excluding diaryl/α,β-unsaturated/α-hetero) is 1. The molecule has 0 bridgehead atoms. The molecule has 0 fully saturated rings. The van der Waals surface area contributed by atoms with Crippen molar-refractivity contribution in [1.29, 1.82) is 0 Å². The fourth-order valence-corrected chi connectivity index (χ4v) is 0.498. The second kappa shape index (κ2) is 4.19. The van der Waals surface area contributed by atoms with Crippen molar-refractivity contribution in [3.63, 3.8) is 0 Å². The van der Waals surface area contributed by atoms with Crippen molar-refractivity contribution in [2.45, 2.75) is 20.0 Å². The number of aliphatic hydroxyl groups is 2. The summed E-state index contributed by atoms with van der Waals surface area (Å²) in [7, 11) is 0. The average molecular weight is 144 g/mol. The highest BCUT2D eigenvalue weighted by Gasteiger charge is 2.13. The molecule has 2 N–H and O–H groups in total. The van der Waals surface area contributed by atoms with Gasteiger partial charge >= 0.3 is 0 Å². The van der Waals surface area contributed by atoms with Gasteiger partial charge in [0.05, 0.1) is 0 Å². The van der Waals surface area contributed by atoms with Crippen LogP contribution in [0.5, 0.6) is 0 Å². The maximum atomic E-state index is 10.6. The number of allylic oxidation sites excluding steroid dienone is 1. The van der Waals surface area contributed by atoms with E-state index in [-0.39, 0.29) is 0 Å². The van der Waals surface area contributed by atoms with Crippen LogP contribution >= 0.6 is 0 Å². The Kier molecular flexibility index (Phi) is 3.91. The van der Waals surface area contributed by atoms with Crippen molar-refractivity contribution in [3.05, 3.63) is 11.6 Å². The van der Waals surface area contributed by atoms with Crippen LogP contribution in [0.15, 0.2) is 11.6 Å². The summed E-state index contributed by atoms with van der Waals surface area (Å²) in [5, 5.41) is 17.3. The Balaban J connectivity index is 4.08. The molecule has 58 valence electrons. The predicted molar refractivity (Wildman–Crippen MR) is 37.5 cm³/mol. The van der Waals surface area contributed by atoms with Crippen LogP contribution < -0.4 is 0 Å². The first kappa shape index (κ1) is 9.33. The molecular formula is C7H12O3. The smallest absolute Gasteiger partial charge is 0.190 e. The molecule has 10 heavy (non-hydrogen) atoms. The maximum Gasteiger partial charge on any atom is 0.190 e. The molecule has 3 nitrogen and oxygen atoms in total. The minimum atomic E-state index is -1.13. The maximum absolute atomic E-state index is 10.6. The standard InChI is InChI=1S/C7H12O3/c1-3-5(2)7(10)6(9)4-8/h3,7-8,10H,4H2,1-2H3/b5-3+. The molecule has 1 unspecified atom stereocenters. The minimum absolute atomic E-state index is 0.560. The fourth-order valence-electron chi connectivity index (χ4n) is 0.498. The Morgan fingerprint density at radius 2 is 2.20 bits per heavy atom. The molecule has 0 saturated carbocycles. The molecule has 0 saturated heterocycles. The van der Waals surface area contributed by atoms with E-state index in [1.807, 2.05) is 0 Å². The van der Waals surface area contributed by atoms with Gasteiger partial charge in [0.2, 0.25) is 0 Å². The number of carbonyl (C=O) groups is 1. The SMILES string of the molecule is C/C=C(\C)C(O)C(=O)CO. The molecule has 0 aromatic rings. The first-order valence-electron chi connectivity index (χ1n) is 3.08. The minimum Gasteiger partial charge on any atom is -0.388 e.